The van der Waals surface area contributed by atoms with Crippen LogP contribution in [0.3, 0.4) is 0 Å². The number of amides is 1. The number of fused-ring (bicyclic) bond motifs is 1. The zero-order chi connectivity index (χ0) is 16.1. The Hall–Kier alpha value is -2.47. The van der Waals surface area contributed by atoms with E-state index in [1.165, 1.54) is 5.56 Å². The minimum atomic E-state index is -0.434. The number of carbonyl (C=O) groups is 1. The van der Waals surface area contributed by atoms with Gasteiger partial charge >= 0.3 is 0 Å². The minimum absolute atomic E-state index is 0.0400. The third-order valence-electron chi connectivity index (χ3n) is 4.82. The molecule has 0 saturated carbocycles. The van der Waals surface area contributed by atoms with Crippen molar-refractivity contribution in [2.24, 2.45) is 5.73 Å². The van der Waals surface area contributed by atoms with E-state index < -0.39 is 5.91 Å². The number of primary amides is 1. The monoisotopic (exact) mass is 310 g/mol. The van der Waals surface area contributed by atoms with Gasteiger partial charge in [0.1, 0.15) is 0 Å². The Morgan fingerprint density at radius 2 is 2.00 bits per heavy atom. The van der Waals surface area contributed by atoms with Crippen LogP contribution >= 0.6 is 0 Å². The van der Waals surface area contributed by atoms with Crippen LogP contribution in [0.15, 0.2) is 24.3 Å². The van der Waals surface area contributed by atoms with Crippen LogP contribution in [-0.2, 0) is 12.8 Å². The zero-order valence-electron chi connectivity index (χ0n) is 12.9. The molecule has 0 unspecified atom stereocenters. The number of aryl methyl sites for hydroxylation is 1. The average molecular weight is 310 g/mol. The Morgan fingerprint density at radius 3 is 2.52 bits per heavy atom. The standard InChI is InChI=1S/C17H18N4O2/c1-9-14(22)8-21(9)17-19-13-7-6-12(13)15(20-17)10-2-4-11(5-3-10)16(18)23/h2-5,9,14,22H,6-8H2,1H3,(H2,18,23)/t9-,14+/m0/s1. The molecule has 1 aromatic heterocycles. The Kier molecular flexibility index (Phi) is 3.09. The first kappa shape index (κ1) is 14.1. The molecule has 2 heterocycles. The molecular weight excluding hydrogens is 292 g/mol. The molecule has 1 saturated heterocycles. The average Bonchev–Trinajstić information content (AvgIpc) is 2.53. The van der Waals surface area contributed by atoms with E-state index in [4.69, 9.17) is 10.7 Å². The molecular formula is C17H18N4O2. The van der Waals surface area contributed by atoms with Crippen molar-refractivity contribution in [2.75, 3.05) is 11.4 Å². The van der Waals surface area contributed by atoms with E-state index in [1.807, 2.05) is 24.0 Å². The molecule has 2 aliphatic rings. The second-order valence-corrected chi connectivity index (χ2v) is 6.20. The Morgan fingerprint density at radius 1 is 1.26 bits per heavy atom. The topological polar surface area (TPSA) is 92.3 Å². The number of anilines is 1. The van der Waals surface area contributed by atoms with Crippen LogP contribution in [0.2, 0.25) is 0 Å². The smallest absolute Gasteiger partial charge is 0.248 e. The van der Waals surface area contributed by atoms with Gasteiger partial charge in [0.25, 0.3) is 0 Å². The van der Waals surface area contributed by atoms with Gasteiger partial charge in [-0.1, -0.05) is 12.1 Å². The number of carbonyl (C=O) groups excluding carboxylic acids is 1. The second kappa shape index (κ2) is 5.03. The first-order valence-corrected chi connectivity index (χ1v) is 7.79. The van der Waals surface area contributed by atoms with Gasteiger partial charge < -0.3 is 15.7 Å². The fraction of sp³-hybridized carbons (Fsp3) is 0.353. The highest BCUT2D eigenvalue weighted by Crippen LogP contribution is 2.34. The zero-order valence-corrected chi connectivity index (χ0v) is 12.9. The summed E-state index contributed by atoms with van der Waals surface area (Å²) in [7, 11) is 0. The predicted octanol–water partition coefficient (Wildman–Crippen LogP) is 0.910. The molecule has 2 aromatic rings. The lowest BCUT2D eigenvalue weighted by Gasteiger charge is -2.44. The van der Waals surface area contributed by atoms with Crippen LogP contribution in [0.4, 0.5) is 5.95 Å². The van der Waals surface area contributed by atoms with Crippen LogP contribution < -0.4 is 10.6 Å². The Labute approximate surface area is 134 Å². The summed E-state index contributed by atoms with van der Waals surface area (Å²) < 4.78 is 0. The van der Waals surface area contributed by atoms with E-state index >= 15 is 0 Å². The van der Waals surface area contributed by atoms with Gasteiger partial charge in [-0.3, -0.25) is 4.79 Å². The number of aromatic nitrogens is 2. The molecule has 6 nitrogen and oxygen atoms in total. The van der Waals surface area contributed by atoms with Crippen molar-refractivity contribution in [1.29, 1.82) is 0 Å². The van der Waals surface area contributed by atoms with Crippen molar-refractivity contribution >= 4 is 11.9 Å². The number of benzene rings is 1. The third-order valence-corrected chi connectivity index (χ3v) is 4.82. The fourth-order valence-electron chi connectivity index (χ4n) is 3.07. The molecule has 0 spiro atoms. The lowest BCUT2D eigenvalue weighted by molar-refractivity contribution is 0.0978. The number of aliphatic hydroxyl groups is 1. The van der Waals surface area contributed by atoms with Gasteiger partial charge in [-0.05, 0) is 31.9 Å². The summed E-state index contributed by atoms with van der Waals surface area (Å²) in [5.74, 6) is 0.242. The molecule has 1 fully saturated rings. The number of nitrogens with zero attached hydrogens (tertiary/aromatic N) is 3. The van der Waals surface area contributed by atoms with Gasteiger partial charge in [-0.15, -0.1) is 0 Å². The molecule has 2 atom stereocenters. The first-order chi connectivity index (χ1) is 11.0. The maximum atomic E-state index is 11.2. The van der Waals surface area contributed by atoms with E-state index in [2.05, 4.69) is 4.98 Å². The molecule has 0 bridgehead atoms. The van der Waals surface area contributed by atoms with Crippen LogP contribution in [0, 0.1) is 0 Å². The summed E-state index contributed by atoms with van der Waals surface area (Å²) in [5.41, 5.74) is 9.91. The lowest BCUT2D eigenvalue weighted by atomic mass is 9.89. The summed E-state index contributed by atoms with van der Waals surface area (Å²) >= 11 is 0. The van der Waals surface area contributed by atoms with Crippen molar-refractivity contribution in [3.05, 3.63) is 41.1 Å². The Bertz CT molecular complexity index is 788. The predicted molar refractivity (Wildman–Crippen MR) is 86.2 cm³/mol. The summed E-state index contributed by atoms with van der Waals surface area (Å²) in [6.07, 6.45) is 1.62. The Balaban J connectivity index is 1.73. The van der Waals surface area contributed by atoms with E-state index in [-0.39, 0.29) is 12.1 Å². The van der Waals surface area contributed by atoms with Gasteiger partial charge in [0, 0.05) is 23.2 Å². The largest absolute Gasteiger partial charge is 0.389 e. The molecule has 118 valence electrons. The third kappa shape index (κ3) is 2.17. The number of rotatable bonds is 3. The maximum Gasteiger partial charge on any atom is 0.248 e. The normalized spacial score (nSPS) is 22.1. The van der Waals surface area contributed by atoms with Gasteiger partial charge in [-0.2, -0.15) is 0 Å². The number of nitrogens with two attached hydrogens (primary N) is 1. The van der Waals surface area contributed by atoms with E-state index in [0.717, 1.165) is 29.8 Å². The maximum absolute atomic E-state index is 11.2. The van der Waals surface area contributed by atoms with E-state index in [1.54, 1.807) is 12.1 Å². The van der Waals surface area contributed by atoms with Crippen molar-refractivity contribution in [2.45, 2.75) is 31.9 Å². The highest BCUT2D eigenvalue weighted by Gasteiger charge is 2.37. The summed E-state index contributed by atoms with van der Waals surface area (Å²) in [6.45, 7) is 2.54. The molecule has 23 heavy (non-hydrogen) atoms. The summed E-state index contributed by atoms with van der Waals surface area (Å²) in [4.78, 5) is 22.6. The van der Waals surface area contributed by atoms with Crippen LogP contribution in [-0.4, -0.2) is 39.7 Å². The highest BCUT2D eigenvalue weighted by atomic mass is 16.3. The van der Waals surface area contributed by atoms with Gasteiger partial charge in [-0.25, -0.2) is 9.97 Å². The molecule has 1 aliphatic heterocycles. The van der Waals surface area contributed by atoms with Crippen molar-refractivity contribution in [3.8, 4) is 11.3 Å². The number of β-amino-alcohol motifs (C(OH)–C–C–N with tert-alkyl or cyclic N) is 1. The highest BCUT2D eigenvalue weighted by molar-refractivity contribution is 5.93. The van der Waals surface area contributed by atoms with Crippen LogP contribution in [0.25, 0.3) is 11.3 Å². The van der Waals surface area contributed by atoms with Crippen molar-refractivity contribution in [3.63, 3.8) is 0 Å². The molecule has 4 rings (SSSR count). The molecule has 3 N–H and O–H groups in total. The van der Waals surface area contributed by atoms with Crippen LogP contribution in [0.1, 0.15) is 28.5 Å². The number of hydrogen-bond acceptors (Lipinski definition) is 5. The molecule has 1 amide bonds. The summed E-state index contributed by atoms with van der Waals surface area (Å²) in [6, 6.07) is 7.23. The second-order valence-electron chi connectivity index (χ2n) is 6.20. The molecule has 1 aromatic carbocycles. The molecule has 0 radical (unpaired) electrons. The van der Waals surface area contributed by atoms with Crippen molar-refractivity contribution < 1.29 is 9.90 Å². The summed E-state index contributed by atoms with van der Waals surface area (Å²) in [5, 5.41) is 9.71. The van der Waals surface area contributed by atoms with Crippen LogP contribution in [0.5, 0.6) is 0 Å². The molecule has 1 aliphatic carbocycles. The number of hydrogen-bond donors (Lipinski definition) is 2. The number of aliphatic hydroxyl groups excluding tert-OH is 1. The van der Waals surface area contributed by atoms with Crippen molar-refractivity contribution in [1.82, 2.24) is 9.97 Å². The quantitative estimate of drug-likeness (QED) is 0.879. The van der Waals surface area contributed by atoms with E-state index in [9.17, 15) is 9.90 Å². The lowest BCUT2D eigenvalue weighted by Crippen LogP contribution is -2.59. The van der Waals surface area contributed by atoms with Gasteiger partial charge in [0.2, 0.25) is 11.9 Å². The minimum Gasteiger partial charge on any atom is -0.389 e. The van der Waals surface area contributed by atoms with Gasteiger partial charge in [0.05, 0.1) is 23.5 Å². The first-order valence-electron chi connectivity index (χ1n) is 7.79. The fourth-order valence-corrected chi connectivity index (χ4v) is 3.07. The SMILES string of the molecule is C[C@H]1[C@H](O)CN1c1nc2c(c(-c3ccc(C(N)=O)cc3)n1)CC2. The molecule has 6 heteroatoms. The van der Waals surface area contributed by atoms with E-state index in [0.29, 0.717) is 18.1 Å². The van der Waals surface area contributed by atoms with Gasteiger partial charge in [0.15, 0.2) is 0 Å².